The van der Waals surface area contributed by atoms with E-state index in [2.05, 4.69) is 15.4 Å². The van der Waals surface area contributed by atoms with E-state index in [4.69, 9.17) is 0 Å². The minimum absolute atomic E-state index is 0.0803. The van der Waals surface area contributed by atoms with Crippen LogP contribution in [0.4, 0.5) is 4.39 Å². The molecule has 1 aromatic carbocycles. The number of allylic oxidation sites excluding steroid dienone is 1. The van der Waals surface area contributed by atoms with Crippen LogP contribution in [0.25, 0.3) is 0 Å². The Kier molecular flexibility index (Phi) is 5.03. The van der Waals surface area contributed by atoms with Crippen molar-refractivity contribution in [2.24, 2.45) is 0 Å². The van der Waals surface area contributed by atoms with Crippen molar-refractivity contribution in [2.45, 2.75) is 37.6 Å². The predicted octanol–water partition coefficient (Wildman–Crippen LogP) is 2.60. The highest BCUT2D eigenvalue weighted by Crippen LogP contribution is 2.40. The van der Waals surface area contributed by atoms with Crippen molar-refractivity contribution in [3.63, 3.8) is 0 Å². The lowest BCUT2D eigenvalue weighted by molar-refractivity contribution is -0.116. The number of aromatic nitrogens is 3. The largest absolute Gasteiger partial charge is 0.352 e. The van der Waals surface area contributed by atoms with Gasteiger partial charge < -0.3 is 5.32 Å². The van der Waals surface area contributed by atoms with Crippen molar-refractivity contribution >= 4 is 5.91 Å². The van der Waals surface area contributed by atoms with Gasteiger partial charge in [0, 0.05) is 18.0 Å². The van der Waals surface area contributed by atoms with Crippen LogP contribution >= 0.6 is 0 Å². The van der Waals surface area contributed by atoms with Crippen LogP contribution in [0.2, 0.25) is 0 Å². The summed E-state index contributed by atoms with van der Waals surface area (Å²) in [6.45, 7) is 1.08. The monoisotopic (exact) mass is 328 g/mol. The lowest BCUT2D eigenvalue weighted by Gasteiger charge is -2.29. The average Bonchev–Trinajstić information content (AvgIpc) is 3.26. The SMILES string of the molecule is O=C(C=CCn1cncn1)NCC1(c2ccc(F)cc2)CCCC1. The number of benzene rings is 1. The summed E-state index contributed by atoms with van der Waals surface area (Å²) in [6.07, 6.45) is 10.6. The van der Waals surface area contributed by atoms with Gasteiger partial charge in [0.05, 0.1) is 6.54 Å². The molecule has 0 bridgehead atoms. The number of nitrogens with one attached hydrogen (secondary N) is 1. The van der Waals surface area contributed by atoms with Gasteiger partial charge in [-0.3, -0.25) is 4.79 Å². The number of rotatable bonds is 6. The van der Waals surface area contributed by atoms with Gasteiger partial charge in [-0.25, -0.2) is 14.1 Å². The molecule has 1 saturated carbocycles. The molecule has 1 aliphatic rings. The van der Waals surface area contributed by atoms with Crippen molar-refractivity contribution < 1.29 is 9.18 Å². The first kappa shape index (κ1) is 16.4. The Labute approximate surface area is 140 Å². The fourth-order valence-electron chi connectivity index (χ4n) is 3.33. The Morgan fingerprint density at radius 2 is 2.04 bits per heavy atom. The summed E-state index contributed by atoms with van der Waals surface area (Å²) in [5.41, 5.74) is 1.02. The molecule has 2 aromatic rings. The molecule has 0 spiro atoms. The number of nitrogens with zero attached hydrogens (tertiary/aromatic N) is 3. The molecular formula is C18H21FN4O. The highest BCUT2D eigenvalue weighted by atomic mass is 19.1. The topological polar surface area (TPSA) is 59.8 Å². The maximum Gasteiger partial charge on any atom is 0.243 e. The zero-order valence-corrected chi connectivity index (χ0v) is 13.5. The van der Waals surface area contributed by atoms with Gasteiger partial charge in [-0.15, -0.1) is 0 Å². The first-order chi connectivity index (χ1) is 11.7. The van der Waals surface area contributed by atoms with Gasteiger partial charge >= 0.3 is 0 Å². The van der Waals surface area contributed by atoms with E-state index in [0.29, 0.717) is 13.1 Å². The standard InChI is InChI=1S/C18H21FN4O/c19-16-7-5-15(6-8-16)18(9-1-2-10-18)12-21-17(24)4-3-11-23-14-20-13-22-23/h3-8,13-14H,1-2,9-12H2,(H,21,24). The van der Waals surface area contributed by atoms with E-state index in [0.717, 1.165) is 31.2 Å². The van der Waals surface area contributed by atoms with E-state index in [-0.39, 0.29) is 17.1 Å². The third-order valence-electron chi connectivity index (χ3n) is 4.65. The minimum Gasteiger partial charge on any atom is -0.352 e. The molecular weight excluding hydrogens is 307 g/mol. The van der Waals surface area contributed by atoms with Crippen molar-refractivity contribution in [2.75, 3.05) is 6.54 Å². The van der Waals surface area contributed by atoms with Gasteiger partial charge in [-0.05, 0) is 30.5 Å². The first-order valence-electron chi connectivity index (χ1n) is 8.21. The Morgan fingerprint density at radius 1 is 1.29 bits per heavy atom. The molecule has 0 atom stereocenters. The smallest absolute Gasteiger partial charge is 0.243 e. The highest BCUT2D eigenvalue weighted by Gasteiger charge is 2.35. The molecule has 1 aliphatic carbocycles. The van der Waals surface area contributed by atoms with E-state index >= 15 is 0 Å². The molecule has 0 unspecified atom stereocenters. The Balaban J connectivity index is 1.59. The molecule has 24 heavy (non-hydrogen) atoms. The van der Waals surface area contributed by atoms with Gasteiger partial charge in [0.2, 0.25) is 5.91 Å². The van der Waals surface area contributed by atoms with E-state index in [1.807, 2.05) is 12.1 Å². The Morgan fingerprint density at radius 3 is 2.71 bits per heavy atom. The van der Waals surface area contributed by atoms with Crippen LogP contribution in [0.1, 0.15) is 31.2 Å². The number of carbonyl (C=O) groups is 1. The highest BCUT2D eigenvalue weighted by molar-refractivity contribution is 5.87. The van der Waals surface area contributed by atoms with Crippen LogP contribution in [0, 0.1) is 5.82 Å². The van der Waals surface area contributed by atoms with Crippen LogP contribution in [-0.2, 0) is 16.8 Å². The number of hydrogen-bond acceptors (Lipinski definition) is 3. The van der Waals surface area contributed by atoms with E-state index in [1.54, 1.807) is 17.1 Å². The molecule has 0 aliphatic heterocycles. The van der Waals surface area contributed by atoms with Crippen LogP contribution in [0.3, 0.4) is 0 Å². The van der Waals surface area contributed by atoms with Gasteiger partial charge in [0.15, 0.2) is 0 Å². The quantitative estimate of drug-likeness (QED) is 0.829. The van der Waals surface area contributed by atoms with Crippen LogP contribution in [0.5, 0.6) is 0 Å². The summed E-state index contributed by atoms with van der Waals surface area (Å²) in [5, 5.41) is 6.97. The number of hydrogen-bond donors (Lipinski definition) is 1. The van der Waals surface area contributed by atoms with Gasteiger partial charge in [-0.1, -0.05) is 31.1 Å². The molecule has 0 radical (unpaired) electrons. The lowest BCUT2D eigenvalue weighted by atomic mass is 9.79. The Hall–Kier alpha value is -2.50. The van der Waals surface area contributed by atoms with E-state index < -0.39 is 0 Å². The molecule has 0 saturated heterocycles. The zero-order valence-electron chi connectivity index (χ0n) is 13.5. The predicted molar refractivity (Wildman–Crippen MR) is 88.7 cm³/mol. The van der Waals surface area contributed by atoms with Crippen LogP contribution in [-0.4, -0.2) is 27.2 Å². The van der Waals surface area contributed by atoms with Gasteiger partial charge in [-0.2, -0.15) is 5.10 Å². The second kappa shape index (κ2) is 7.38. The molecule has 1 fully saturated rings. The van der Waals surface area contributed by atoms with E-state index in [1.165, 1.54) is 24.5 Å². The van der Waals surface area contributed by atoms with Gasteiger partial charge in [0.25, 0.3) is 0 Å². The molecule has 1 aromatic heterocycles. The van der Waals surface area contributed by atoms with E-state index in [9.17, 15) is 9.18 Å². The van der Waals surface area contributed by atoms with Crippen molar-refractivity contribution in [3.8, 4) is 0 Å². The molecule has 6 heteroatoms. The second-order valence-corrected chi connectivity index (χ2v) is 6.23. The summed E-state index contributed by atoms with van der Waals surface area (Å²) in [6, 6.07) is 6.67. The molecule has 1 amide bonds. The molecule has 1 heterocycles. The maximum absolute atomic E-state index is 13.2. The normalized spacial score (nSPS) is 16.5. The molecule has 3 rings (SSSR count). The zero-order chi connectivity index (χ0) is 16.8. The van der Waals surface area contributed by atoms with Crippen molar-refractivity contribution in [3.05, 3.63) is 60.5 Å². The van der Waals surface area contributed by atoms with Crippen LogP contribution in [0.15, 0.2) is 49.1 Å². The fourth-order valence-corrected chi connectivity index (χ4v) is 3.33. The van der Waals surface area contributed by atoms with Crippen molar-refractivity contribution in [1.29, 1.82) is 0 Å². The molecule has 5 nitrogen and oxygen atoms in total. The third kappa shape index (κ3) is 3.88. The minimum atomic E-state index is -0.230. The fraction of sp³-hybridized carbons (Fsp3) is 0.389. The number of amides is 1. The summed E-state index contributed by atoms with van der Waals surface area (Å²) < 4.78 is 14.8. The second-order valence-electron chi connectivity index (χ2n) is 6.23. The van der Waals surface area contributed by atoms with Crippen molar-refractivity contribution in [1.82, 2.24) is 20.1 Å². The lowest BCUT2D eigenvalue weighted by Crippen LogP contribution is -2.38. The molecule has 1 N–H and O–H groups in total. The summed E-state index contributed by atoms with van der Waals surface area (Å²) >= 11 is 0. The Bertz CT molecular complexity index is 688. The summed E-state index contributed by atoms with van der Waals surface area (Å²) in [4.78, 5) is 15.9. The first-order valence-corrected chi connectivity index (χ1v) is 8.21. The summed E-state index contributed by atoms with van der Waals surface area (Å²) in [5.74, 6) is -0.351. The van der Waals surface area contributed by atoms with Gasteiger partial charge in [0.1, 0.15) is 18.5 Å². The summed E-state index contributed by atoms with van der Waals surface area (Å²) in [7, 11) is 0. The maximum atomic E-state index is 13.2. The molecule has 126 valence electrons. The third-order valence-corrected chi connectivity index (χ3v) is 4.65. The number of halogens is 1. The number of carbonyl (C=O) groups excluding carboxylic acids is 1. The average molecular weight is 328 g/mol. The van der Waals surface area contributed by atoms with Crippen LogP contribution < -0.4 is 5.32 Å².